The lowest BCUT2D eigenvalue weighted by molar-refractivity contribution is -0.116. The second-order valence-corrected chi connectivity index (χ2v) is 9.01. The molecule has 0 aliphatic rings. The highest BCUT2D eigenvalue weighted by Crippen LogP contribution is 2.29. The first-order chi connectivity index (χ1) is 15.8. The number of nitrogens with one attached hydrogen (secondary N) is 2. The number of aromatic nitrogens is 3. The molecule has 0 unspecified atom stereocenters. The fourth-order valence-electron chi connectivity index (χ4n) is 2.99. The predicted molar refractivity (Wildman–Crippen MR) is 134 cm³/mol. The van der Waals surface area contributed by atoms with Crippen molar-refractivity contribution in [2.75, 3.05) is 16.4 Å². The van der Waals surface area contributed by atoms with Crippen molar-refractivity contribution in [3.63, 3.8) is 0 Å². The van der Waals surface area contributed by atoms with Gasteiger partial charge in [-0.15, -0.1) is 16.8 Å². The second-order valence-electron chi connectivity index (χ2n) is 7.28. The molecule has 0 aliphatic carbocycles. The third kappa shape index (κ3) is 6.60. The van der Waals surface area contributed by atoms with Crippen molar-refractivity contribution < 1.29 is 9.59 Å². The molecule has 0 aliphatic heterocycles. The van der Waals surface area contributed by atoms with Crippen molar-refractivity contribution in [3.8, 4) is 0 Å². The molecule has 0 atom stereocenters. The molecule has 1 aromatic heterocycles. The molecule has 2 N–H and O–H groups in total. The van der Waals surface area contributed by atoms with Crippen LogP contribution in [0.1, 0.15) is 17.0 Å². The molecule has 0 spiro atoms. The molecule has 3 aromatic rings. The first kappa shape index (κ1) is 24.8. The number of thioether (sulfide) groups is 1. The lowest BCUT2D eigenvalue weighted by atomic mass is 10.1. The quantitative estimate of drug-likeness (QED) is 0.305. The number of anilines is 2. The number of nitrogens with zero attached hydrogens (tertiary/aromatic N) is 3. The summed E-state index contributed by atoms with van der Waals surface area (Å²) in [7, 11) is 0. The number of allylic oxidation sites excluding steroid dienone is 1. The zero-order valence-electron chi connectivity index (χ0n) is 18.2. The van der Waals surface area contributed by atoms with Crippen molar-refractivity contribution in [3.05, 3.63) is 76.0 Å². The van der Waals surface area contributed by atoms with E-state index in [4.69, 9.17) is 23.2 Å². The number of benzene rings is 2. The van der Waals surface area contributed by atoms with Gasteiger partial charge in [-0.1, -0.05) is 59.2 Å². The minimum atomic E-state index is -0.318. The van der Waals surface area contributed by atoms with E-state index in [1.165, 1.54) is 11.8 Å². The monoisotopic (exact) mass is 503 g/mol. The van der Waals surface area contributed by atoms with Crippen LogP contribution >= 0.6 is 35.0 Å². The number of hydrogen-bond acceptors (Lipinski definition) is 5. The van der Waals surface area contributed by atoms with Crippen LogP contribution in [0.3, 0.4) is 0 Å². The summed E-state index contributed by atoms with van der Waals surface area (Å²) >= 11 is 13.4. The minimum absolute atomic E-state index is 0.0288. The lowest BCUT2D eigenvalue weighted by Crippen LogP contribution is -2.18. The summed E-state index contributed by atoms with van der Waals surface area (Å²) in [5, 5.41) is 15.1. The van der Waals surface area contributed by atoms with Gasteiger partial charge in [-0.3, -0.25) is 9.59 Å². The van der Waals surface area contributed by atoms with Gasteiger partial charge in [0.25, 0.3) is 0 Å². The largest absolute Gasteiger partial charge is 0.325 e. The van der Waals surface area contributed by atoms with Gasteiger partial charge in [0.05, 0.1) is 27.9 Å². The van der Waals surface area contributed by atoms with E-state index in [0.717, 1.165) is 16.8 Å². The Morgan fingerprint density at radius 2 is 1.85 bits per heavy atom. The van der Waals surface area contributed by atoms with Crippen molar-refractivity contribution in [2.24, 2.45) is 0 Å². The Bertz CT molecular complexity index is 1200. The highest BCUT2D eigenvalue weighted by Gasteiger charge is 2.17. The summed E-state index contributed by atoms with van der Waals surface area (Å²) < 4.78 is 1.75. The van der Waals surface area contributed by atoms with Crippen LogP contribution in [0, 0.1) is 13.8 Å². The zero-order valence-corrected chi connectivity index (χ0v) is 20.5. The Kier molecular flexibility index (Phi) is 8.55. The molecular formula is C23H23Cl2N5O2S. The lowest BCUT2D eigenvalue weighted by Gasteiger charge is -2.11. The minimum Gasteiger partial charge on any atom is -0.325 e. The van der Waals surface area contributed by atoms with Crippen molar-refractivity contribution in [2.45, 2.75) is 32.0 Å². The number of halogens is 2. The topological polar surface area (TPSA) is 88.9 Å². The van der Waals surface area contributed by atoms with E-state index in [0.29, 0.717) is 28.2 Å². The van der Waals surface area contributed by atoms with Crippen molar-refractivity contribution >= 4 is 58.2 Å². The Labute approximate surface area is 206 Å². The first-order valence-corrected chi connectivity index (χ1v) is 11.8. The normalized spacial score (nSPS) is 10.7. The molecular weight excluding hydrogens is 481 g/mol. The second kappa shape index (κ2) is 11.4. The molecule has 0 radical (unpaired) electrons. The number of carbonyl (C=O) groups is 2. The van der Waals surface area contributed by atoms with Gasteiger partial charge in [0.15, 0.2) is 5.16 Å². The Hall–Kier alpha value is -2.81. The first-order valence-electron chi connectivity index (χ1n) is 10.0. The van der Waals surface area contributed by atoms with Gasteiger partial charge in [-0.05, 0) is 43.2 Å². The van der Waals surface area contributed by atoms with Crippen LogP contribution < -0.4 is 10.6 Å². The van der Waals surface area contributed by atoms with E-state index >= 15 is 0 Å². The Morgan fingerprint density at radius 1 is 1.09 bits per heavy atom. The molecule has 2 aromatic carbocycles. The molecule has 0 saturated carbocycles. The summed E-state index contributed by atoms with van der Waals surface area (Å²) in [5.41, 5.74) is 3.25. The highest BCUT2D eigenvalue weighted by atomic mass is 35.5. The molecule has 1 heterocycles. The van der Waals surface area contributed by atoms with E-state index in [2.05, 4.69) is 27.4 Å². The van der Waals surface area contributed by atoms with Gasteiger partial charge in [0.1, 0.15) is 5.82 Å². The maximum absolute atomic E-state index is 12.5. The van der Waals surface area contributed by atoms with Crippen LogP contribution in [0.2, 0.25) is 10.0 Å². The van der Waals surface area contributed by atoms with Gasteiger partial charge >= 0.3 is 0 Å². The van der Waals surface area contributed by atoms with Crippen molar-refractivity contribution in [1.82, 2.24) is 14.8 Å². The summed E-state index contributed by atoms with van der Waals surface area (Å²) in [6.07, 6.45) is 1.65. The molecule has 0 fully saturated rings. The van der Waals surface area contributed by atoms with E-state index in [-0.39, 0.29) is 29.0 Å². The standard InChI is InChI=1S/C23H23Cl2N5O2S/c1-4-10-30-19(12-20(31)26-17-7-5-6-16(24)22(17)25)28-29-23(30)33-13-21(32)27-18-11-14(2)8-9-15(18)3/h4-9,11H,1,10,12-13H2,2-3H3,(H,26,31)(H,27,32). The average Bonchev–Trinajstić information content (AvgIpc) is 3.14. The van der Waals surface area contributed by atoms with Crippen LogP contribution in [0.5, 0.6) is 0 Å². The zero-order chi connectivity index (χ0) is 24.0. The van der Waals surface area contributed by atoms with Crippen LogP contribution in [0.4, 0.5) is 11.4 Å². The van der Waals surface area contributed by atoms with Crippen LogP contribution in [0.15, 0.2) is 54.2 Å². The molecule has 2 amide bonds. The Morgan fingerprint density at radius 3 is 2.61 bits per heavy atom. The molecule has 0 bridgehead atoms. The van der Waals surface area contributed by atoms with E-state index < -0.39 is 0 Å². The smallest absolute Gasteiger partial charge is 0.234 e. The molecule has 7 nitrogen and oxygen atoms in total. The molecule has 33 heavy (non-hydrogen) atoms. The number of amides is 2. The molecule has 10 heteroatoms. The highest BCUT2D eigenvalue weighted by molar-refractivity contribution is 7.99. The van der Waals surface area contributed by atoms with E-state index in [1.807, 2.05) is 32.0 Å². The number of aryl methyl sites for hydroxylation is 2. The summed E-state index contributed by atoms with van der Waals surface area (Å²) in [5.74, 6) is 0.119. The maximum Gasteiger partial charge on any atom is 0.234 e. The van der Waals surface area contributed by atoms with Gasteiger partial charge in [0.2, 0.25) is 11.8 Å². The van der Waals surface area contributed by atoms with Gasteiger partial charge in [-0.2, -0.15) is 0 Å². The number of carbonyl (C=O) groups excluding carboxylic acids is 2. The predicted octanol–water partition coefficient (Wildman–Crippen LogP) is 5.30. The third-order valence-corrected chi connectivity index (χ3v) is 6.43. The van der Waals surface area contributed by atoms with Crippen LogP contribution in [-0.2, 0) is 22.6 Å². The molecule has 0 saturated heterocycles. The summed E-state index contributed by atoms with van der Waals surface area (Å²) in [4.78, 5) is 25.0. The fraction of sp³-hybridized carbons (Fsp3) is 0.217. The Balaban J connectivity index is 1.65. The van der Waals surface area contributed by atoms with E-state index in [9.17, 15) is 9.59 Å². The maximum atomic E-state index is 12.5. The number of rotatable bonds is 9. The summed E-state index contributed by atoms with van der Waals surface area (Å²) in [6, 6.07) is 10.9. The van der Waals surface area contributed by atoms with E-state index in [1.54, 1.807) is 28.8 Å². The van der Waals surface area contributed by atoms with Gasteiger partial charge in [0, 0.05) is 12.2 Å². The SMILES string of the molecule is C=CCn1c(CC(=O)Nc2cccc(Cl)c2Cl)nnc1SCC(=O)Nc1cc(C)ccc1C. The van der Waals surface area contributed by atoms with Crippen LogP contribution in [0.25, 0.3) is 0 Å². The van der Waals surface area contributed by atoms with Crippen molar-refractivity contribution in [1.29, 1.82) is 0 Å². The fourth-order valence-corrected chi connectivity index (χ4v) is 4.11. The van der Waals surface area contributed by atoms with Crippen LogP contribution in [-0.4, -0.2) is 32.3 Å². The number of hydrogen-bond donors (Lipinski definition) is 2. The van der Waals surface area contributed by atoms with Gasteiger partial charge in [-0.25, -0.2) is 0 Å². The van der Waals surface area contributed by atoms with Gasteiger partial charge < -0.3 is 15.2 Å². The molecule has 172 valence electrons. The summed E-state index contributed by atoms with van der Waals surface area (Å²) in [6.45, 7) is 8.07. The average molecular weight is 504 g/mol. The molecule has 3 rings (SSSR count). The third-order valence-electron chi connectivity index (χ3n) is 4.65.